The molecule has 0 N–H and O–H groups in total. The molecule has 0 fully saturated rings. The summed E-state index contributed by atoms with van der Waals surface area (Å²) in [5.74, 6) is -2.25. The maximum absolute atomic E-state index is 13.7. The lowest BCUT2D eigenvalue weighted by Crippen LogP contribution is -2.29. The van der Waals surface area contributed by atoms with Gasteiger partial charge in [-0.25, -0.2) is 4.39 Å². The minimum Gasteiger partial charge on any atom is -0.342 e. The van der Waals surface area contributed by atoms with Gasteiger partial charge in [0.05, 0.1) is 11.1 Å². The molecular weight excluding hydrogens is 262 g/mol. The lowest BCUT2D eigenvalue weighted by atomic mass is 10.1. The number of carbonyl (C=O) groups is 1. The summed E-state index contributed by atoms with van der Waals surface area (Å²) in [4.78, 5) is 13.1. The molecule has 0 heterocycles. The standard InChI is InChI=1S/C13H15F4NO/c1-3-4-8-18(2)12(19)9-6-5-7-10(11(9)14)13(15,16)17/h5-7H,3-4,8H2,1-2H3. The average molecular weight is 277 g/mol. The van der Waals surface area contributed by atoms with E-state index in [1.807, 2.05) is 6.92 Å². The van der Waals surface area contributed by atoms with Crippen LogP contribution in [0.3, 0.4) is 0 Å². The number of rotatable bonds is 4. The second-order valence-corrected chi connectivity index (χ2v) is 4.25. The Bertz CT molecular complexity index is 456. The molecule has 1 rings (SSSR count). The van der Waals surface area contributed by atoms with Crippen molar-refractivity contribution in [3.8, 4) is 0 Å². The van der Waals surface area contributed by atoms with Crippen molar-refractivity contribution in [2.75, 3.05) is 13.6 Å². The van der Waals surface area contributed by atoms with Crippen LogP contribution < -0.4 is 0 Å². The number of halogens is 4. The van der Waals surface area contributed by atoms with E-state index in [4.69, 9.17) is 0 Å². The van der Waals surface area contributed by atoms with Crippen molar-refractivity contribution >= 4 is 5.91 Å². The van der Waals surface area contributed by atoms with Crippen LogP contribution in [0.5, 0.6) is 0 Å². The van der Waals surface area contributed by atoms with Gasteiger partial charge >= 0.3 is 6.18 Å². The highest BCUT2D eigenvalue weighted by molar-refractivity contribution is 5.94. The fraction of sp³-hybridized carbons (Fsp3) is 0.462. The Kier molecular flexibility index (Phi) is 4.91. The number of unbranched alkanes of at least 4 members (excludes halogenated alkanes) is 1. The van der Waals surface area contributed by atoms with Crippen molar-refractivity contribution in [3.05, 3.63) is 35.1 Å². The van der Waals surface area contributed by atoms with Crippen LogP contribution in [0.4, 0.5) is 17.6 Å². The Morgan fingerprint density at radius 2 is 1.95 bits per heavy atom. The van der Waals surface area contributed by atoms with Gasteiger partial charge in [0.15, 0.2) is 0 Å². The predicted molar refractivity (Wildman–Crippen MR) is 63.3 cm³/mol. The summed E-state index contributed by atoms with van der Waals surface area (Å²) in [6, 6.07) is 2.72. The van der Waals surface area contributed by atoms with Crippen LogP contribution in [0.2, 0.25) is 0 Å². The molecule has 0 atom stereocenters. The van der Waals surface area contributed by atoms with E-state index in [0.717, 1.165) is 18.6 Å². The Morgan fingerprint density at radius 3 is 2.47 bits per heavy atom. The van der Waals surface area contributed by atoms with Crippen molar-refractivity contribution < 1.29 is 22.4 Å². The summed E-state index contributed by atoms with van der Waals surface area (Å²) in [7, 11) is 1.44. The van der Waals surface area contributed by atoms with Crippen LogP contribution in [0.1, 0.15) is 35.7 Å². The monoisotopic (exact) mass is 277 g/mol. The topological polar surface area (TPSA) is 20.3 Å². The zero-order chi connectivity index (χ0) is 14.6. The van der Waals surface area contributed by atoms with Gasteiger partial charge < -0.3 is 4.90 Å². The first kappa shape index (κ1) is 15.5. The molecule has 106 valence electrons. The van der Waals surface area contributed by atoms with E-state index in [0.29, 0.717) is 19.0 Å². The number of amides is 1. The van der Waals surface area contributed by atoms with Crippen LogP contribution in [0, 0.1) is 5.82 Å². The van der Waals surface area contributed by atoms with Gasteiger partial charge in [0.25, 0.3) is 5.91 Å². The second-order valence-electron chi connectivity index (χ2n) is 4.25. The Morgan fingerprint density at radius 1 is 1.32 bits per heavy atom. The minimum absolute atomic E-state index is 0.380. The van der Waals surface area contributed by atoms with E-state index in [2.05, 4.69) is 0 Å². The van der Waals surface area contributed by atoms with Crippen LogP contribution >= 0.6 is 0 Å². The third-order valence-corrected chi connectivity index (χ3v) is 2.73. The Balaban J connectivity index is 3.05. The summed E-state index contributed by atoms with van der Waals surface area (Å²) < 4.78 is 51.3. The molecular formula is C13H15F4NO. The lowest BCUT2D eigenvalue weighted by molar-refractivity contribution is -0.140. The summed E-state index contributed by atoms with van der Waals surface area (Å²) in [5, 5.41) is 0. The van der Waals surface area contributed by atoms with Crippen molar-refractivity contribution in [3.63, 3.8) is 0 Å². The average Bonchev–Trinajstić information content (AvgIpc) is 2.34. The molecule has 1 amide bonds. The lowest BCUT2D eigenvalue weighted by Gasteiger charge is -2.18. The number of nitrogens with zero attached hydrogens (tertiary/aromatic N) is 1. The van der Waals surface area contributed by atoms with Crippen LogP contribution in [0.25, 0.3) is 0 Å². The molecule has 0 aliphatic carbocycles. The molecule has 0 spiro atoms. The van der Waals surface area contributed by atoms with Gasteiger partial charge in [-0.15, -0.1) is 0 Å². The molecule has 1 aromatic rings. The van der Waals surface area contributed by atoms with Gasteiger partial charge in [0.2, 0.25) is 0 Å². The van der Waals surface area contributed by atoms with Crippen molar-refractivity contribution in [2.24, 2.45) is 0 Å². The van der Waals surface area contributed by atoms with Gasteiger partial charge in [-0.05, 0) is 18.6 Å². The zero-order valence-corrected chi connectivity index (χ0v) is 10.7. The number of carbonyl (C=O) groups excluding carboxylic acids is 1. The molecule has 19 heavy (non-hydrogen) atoms. The Hall–Kier alpha value is -1.59. The van der Waals surface area contributed by atoms with E-state index >= 15 is 0 Å². The van der Waals surface area contributed by atoms with E-state index in [-0.39, 0.29) is 0 Å². The Labute approximate surface area is 109 Å². The molecule has 0 unspecified atom stereocenters. The third-order valence-electron chi connectivity index (χ3n) is 2.73. The highest BCUT2D eigenvalue weighted by Gasteiger charge is 2.35. The molecule has 0 aliphatic heterocycles. The highest BCUT2D eigenvalue weighted by atomic mass is 19.4. The molecule has 0 saturated carbocycles. The first-order valence-electron chi connectivity index (χ1n) is 5.90. The fourth-order valence-electron chi connectivity index (χ4n) is 1.62. The normalized spacial score (nSPS) is 11.5. The summed E-state index contributed by atoms with van der Waals surface area (Å²) in [6.07, 6.45) is -3.26. The molecule has 0 aliphatic rings. The number of hydrogen-bond acceptors (Lipinski definition) is 1. The smallest absolute Gasteiger partial charge is 0.342 e. The molecule has 1 aromatic carbocycles. The van der Waals surface area contributed by atoms with Crippen LogP contribution in [-0.2, 0) is 6.18 Å². The van der Waals surface area contributed by atoms with Crippen molar-refractivity contribution in [1.29, 1.82) is 0 Å². The summed E-state index contributed by atoms with van der Waals surface area (Å²) in [6.45, 7) is 2.30. The number of hydrogen-bond donors (Lipinski definition) is 0. The van der Waals surface area contributed by atoms with E-state index < -0.39 is 29.0 Å². The maximum Gasteiger partial charge on any atom is 0.419 e. The molecule has 6 heteroatoms. The van der Waals surface area contributed by atoms with Gasteiger partial charge in [-0.3, -0.25) is 4.79 Å². The maximum atomic E-state index is 13.7. The molecule has 0 aromatic heterocycles. The van der Waals surface area contributed by atoms with Crippen molar-refractivity contribution in [1.82, 2.24) is 4.90 Å². The van der Waals surface area contributed by atoms with Gasteiger partial charge in [0, 0.05) is 13.6 Å². The van der Waals surface area contributed by atoms with Gasteiger partial charge in [0.1, 0.15) is 5.82 Å². The summed E-state index contributed by atoms with van der Waals surface area (Å²) in [5.41, 5.74) is -1.96. The minimum atomic E-state index is -4.80. The van der Waals surface area contributed by atoms with E-state index in [1.54, 1.807) is 0 Å². The molecule has 0 saturated heterocycles. The molecule has 0 radical (unpaired) electrons. The number of alkyl halides is 3. The number of benzene rings is 1. The third kappa shape index (κ3) is 3.68. The summed E-state index contributed by atoms with van der Waals surface area (Å²) >= 11 is 0. The first-order chi connectivity index (χ1) is 8.79. The van der Waals surface area contributed by atoms with Gasteiger partial charge in [-0.2, -0.15) is 13.2 Å². The highest BCUT2D eigenvalue weighted by Crippen LogP contribution is 2.32. The molecule has 2 nitrogen and oxygen atoms in total. The van der Waals surface area contributed by atoms with Crippen molar-refractivity contribution in [2.45, 2.75) is 25.9 Å². The van der Waals surface area contributed by atoms with E-state index in [1.165, 1.54) is 11.9 Å². The first-order valence-corrected chi connectivity index (χ1v) is 5.90. The van der Waals surface area contributed by atoms with E-state index in [9.17, 15) is 22.4 Å². The zero-order valence-electron chi connectivity index (χ0n) is 10.7. The predicted octanol–water partition coefficient (Wildman–Crippen LogP) is 3.72. The molecule has 0 bridgehead atoms. The SMILES string of the molecule is CCCCN(C)C(=O)c1cccc(C(F)(F)F)c1F. The largest absolute Gasteiger partial charge is 0.419 e. The second kappa shape index (κ2) is 6.04. The van der Waals surface area contributed by atoms with Gasteiger partial charge in [-0.1, -0.05) is 19.4 Å². The fourth-order valence-corrected chi connectivity index (χ4v) is 1.62. The van der Waals surface area contributed by atoms with Crippen LogP contribution in [0.15, 0.2) is 18.2 Å². The van der Waals surface area contributed by atoms with Crippen LogP contribution in [-0.4, -0.2) is 24.4 Å². The quantitative estimate of drug-likeness (QED) is 0.768.